The first-order chi connectivity index (χ1) is 13.9. The summed E-state index contributed by atoms with van der Waals surface area (Å²) < 4.78 is 33.4. The van der Waals surface area contributed by atoms with Crippen molar-refractivity contribution in [1.29, 1.82) is 0 Å². The van der Waals surface area contributed by atoms with Gasteiger partial charge in [0.05, 0.1) is 17.2 Å². The van der Waals surface area contributed by atoms with Crippen LogP contribution in [0.3, 0.4) is 0 Å². The van der Waals surface area contributed by atoms with Gasteiger partial charge in [-0.2, -0.15) is 0 Å². The molecular weight excluding hydrogens is 408 g/mol. The second-order valence-corrected chi connectivity index (χ2v) is 8.92. The van der Waals surface area contributed by atoms with Crippen LogP contribution in [-0.4, -0.2) is 51.7 Å². The van der Waals surface area contributed by atoms with Crippen LogP contribution in [0, 0.1) is 0 Å². The molecule has 0 atom stereocenters. The normalized spacial score (nSPS) is 11.2. The van der Waals surface area contributed by atoms with Crippen LogP contribution in [0.1, 0.15) is 20.8 Å². The largest absolute Gasteiger partial charge is 0.494 e. The Morgan fingerprint density at radius 1 is 0.966 bits per heavy atom. The van der Waals surface area contributed by atoms with Crippen LogP contribution in [-0.2, 0) is 14.8 Å². The molecule has 6 nitrogen and oxygen atoms in total. The standard InChI is InChI=1S/C21H28N2O4S2/c1-5-22(6-2)21(24)16-23(17-8-10-18(11-9-17)27-7-3)29(25,26)20-14-12-19(28-4)13-15-20/h8-15H,5-7,16H2,1-4H3. The van der Waals surface area contributed by atoms with Crippen LogP contribution in [0.2, 0.25) is 0 Å². The van der Waals surface area contributed by atoms with E-state index in [-0.39, 0.29) is 17.3 Å². The molecule has 0 fully saturated rings. The third-order valence-electron chi connectivity index (χ3n) is 4.48. The van der Waals surface area contributed by atoms with E-state index in [4.69, 9.17) is 4.74 Å². The predicted octanol–water partition coefficient (Wildman–Crippen LogP) is 3.87. The lowest BCUT2D eigenvalue weighted by Crippen LogP contribution is -2.43. The number of hydrogen-bond acceptors (Lipinski definition) is 5. The zero-order valence-electron chi connectivity index (χ0n) is 17.3. The number of sulfonamides is 1. The van der Waals surface area contributed by atoms with Crippen molar-refractivity contribution in [1.82, 2.24) is 4.90 Å². The molecule has 2 rings (SSSR count). The van der Waals surface area contributed by atoms with Crippen LogP contribution in [0.5, 0.6) is 5.75 Å². The van der Waals surface area contributed by atoms with Crippen molar-refractivity contribution < 1.29 is 17.9 Å². The van der Waals surface area contributed by atoms with Gasteiger partial charge in [-0.15, -0.1) is 11.8 Å². The molecule has 0 heterocycles. The SMILES string of the molecule is CCOc1ccc(N(CC(=O)N(CC)CC)S(=O)(=O)c2ccc(SC)cc2)cc1. The van der Waals surface area contributed by atoms with E-state index in [1.807, 2.05) is 27.0 Å². The van der Waals surface area contributed by atoms with Crippen LogP contribution in [0.4, 0.5) is 5.69 Å². The molecule has 0 spiro atoms. The van der Waals surface area contributed by atoms with Crippen LogP contribution in [0.25, 0.3) is 0 Å². The fourth-order valence-corrected chi connectivity index (χ4v) is 4.69. The highest BCUT2D eigenvalue weighted by atomic mass is 32.2. The van der Waals surface area contributed by atoms with Crippen LogP contribution >= 0.6 is 11.8 Å². The summed E-state index contributed by atoms with van der Waals surface area (Å²) in [4.78, 5) is 15.5. The fourth-order valence-electron chi connectivity index (χ4n) is 2.86. The van der Waals surface area contributed by atoms with Gasteiger partial charge in [0.25, 0.3) is 10.0 Å². The fraction of sp³-hybridized carbons (Fsp3) is 0.381. The maximum absolute atomic E-state index is 13.4. The monoisotopic (exact) mass is 436 g/mol. The number of nitrogens with zero attached hydrogens (tertiary/aromatic N) is 2. The van der Waals surface area contributed by atoms with E-state index >= 15 is 0 Å². The van der Waals surface area contributed by atoms with Gasteiger partial charge in [0.2, 0.25) is 5.91 Å². The number of hydrogen-bond donors (Lipinski definition) is 0. The van der Waals surface area contributed by atoms with Gasteiger partial charge in [0.1, 0.15) is 12.3 Å². The van der Waals surface area contributed by atoms with Crippen molar-refractivity contribution in [2.75, 3.05) is 36.8 Å². The van der Waals surface area contributed by atoms with Crippen molar-refractivity contribution in [3.8, 4) is 5.75 Å². The summed E-state index contributed by atoms with van der Waals surface area (Å²) in [6, 6.07) is 13.4. The van der Waals surface area contributed by atoms with E-state index in [1.54, 1.807) is 53.4 Å². The van der Waals surface area contributed by atoms with E-state index in [1.165, 1.54) is 11.8 Å². The number of anilines is 1. The molecule has 2 aromatic carbocycles. The van der Waals surface area contributed by atoms with E-state index < -0.39 is 10.0 Å². The average Bonchev–Trinajstić information content (AvgIpc) is 2.74. The van der Waals surface area contributed by atoms with E-state index in [0.29, 0.717) is 31.1 Å². The van der Waals surface area contributed by atoms with E-state index in [9.17, 15) is 13.2 Å². The van der Waals surface area contributed by atoms with E-state index in [0.717, 1.165) is 9.20 Å². The van der Waals surface area contributed by atoms with Crippen molar-refractivity contribution in [2.45, 2.75) is 30.6 Å². The van der Waals surface area contributed by atoms with Gasteiger partial charge in [-0.25, -0.2) is 8.42 Å². The highest BCUT2D eigenvalue weighted by Gasteiger charge is 2.28. The molecule has 0 bridgehead atoms. The quantitative estimate of drug-likeness (QED) is 0.529. The molecule has 1 amide bonds. The molecule has 29 heavy (non-hydrogen) atoms. The Bertz CT molecular complexity index is 893. The van der Waals surface area contributed by atoms with Gasteiger partial charge in [-0.3, -0.25) is 9.10 Å². The van der Waals surface area contributed by atoms with Gasteiger partial charge in [-0.1, -0.05) is 0 Å². The summed E-state index contributed by atoms with van der Waals surface area (Å²) in [5.74, 6) is 0.404. The molecule has 158 valence electrons. The molecule has 0 aliphatic rings. The second-order valence-electron chi connectivity index (χ2n) is 6.18. The van der Waals surface area contributed by atoms with E-state index in [2.05, 4.69) is 0 Å². The molecular formula is C21H28N2O4S2. The lowest BCUT2D eigenvalue weighted by molar-refractivity contribution is -0.129. The molecule has 0 aliphatic carbocycles. The van der Waals surface area contributed by atoms with Gasteiger partial charge in [-0.05, 0) is 75.6 Å². The van der Waals surface area contributed by atoms with Crippen LogP contribution < -0.4 is 9.04 Å². The van der Waals surface area contributed by atoms with Crippen LogP contribution in [0.15, 0.2) is 58.3 Å². The highest BCUT2D eigenvalue weighted by molar-refractivity contribution is 7.98. The summed E-state index contributed by atoms with van der Waals surface area (Å²) >= 11 is 1.54. The first kappa shape index (κ1) is 23.1. The van der Waals surface area contributed by atoms with Crippen molar-refractivity contribution >= 4 is 33.4 Å². The zero-order chi connectivity index (χ0) is 21.4. The maximum atomic E-state index is 13.4. The number of benzene rings is 2. The molecule has 0 aromatic heterocycles. The Morgan fingerprint density at radius 2 is 1.55 bits per heavy atom. The third kappa shape index (κ3) is 5.67. The second kappa shape index (κ2) is 10.5. The number of likely N-dealkylation sites (N-methyl/N-ethyl adjacent to an activating group) is 1. The van der Waals surface area contributed by atoms with Crippen molar-refractivity contribution in [2.24, 2.45) is 0 Å². The minimum atomic E-state index is -3.91. The summed E-state index contributed by atoms with van der Waals surface area (Å²) in [7, 11) is -3.91. The summed E-state index contributed by atoms with van der Waals surface area (Å²) in [5.41, 5.74) is 0.419. The number of ether oxygens (including phenoxy) is 1. The molecule has 0 N–H and O–H groups in total. The lowest BCUT2D eigenvalue weighted by atomic mass is 10.3. The van der Waals surface area contributed by atoms with Gasteiger partial charge in [0, 0.05) is 18.0 Å². The zero-order valence-corrected chi connectivity index (χ0v) is 18.9. The first-order valence-electron chi connectivity index (χ1n) is 9.54. The molecule has 0 aliphatic heterocycles. The number of carbonyl (C=O) groups excluding carboxylic acids is 1. The molecule has 2 aromatic rings. The van der Waals surface area contributed by atoms with Crippen molar-refractivity contribution in [3.05, 3.63) is 48.5 Å². The number of amides is 1. The average molecular weight is 437 g/mol. The Labute approximate surface area is 177 Å². The number of thioether (sulfide) groups is 1. The third-order valence-corrected chi connectivity index (χ3v) is 7.01. The predicted molar refractivity (Wildman–Crippen MR) is 118 cm³/mol. The smallest absolute Gasteiger partial charge is 0.264 e. The summed E-state index contributed by atoms with van der Waals surface area (Å²) in [6.45, 7) is 6.93. The van der Waals surface area contributed by atoms with Gasteiger partial charge >= 0.3 is 0 Å². The first-order valence-corrected chi connectivity index (χ1v) is 12.2. The minimum Gasteiger partial charge on any atom is -0.494 e. The molecule has 0 saturated carbocycles. The van der Waals surface area contributed by atoms with Gasteiger partial charge in [0.15, 0.2) is 0 Å². The molecule has 8 heteroatoms. The minimum absolute atomic E-state index is 0.150. The number of carbonyl (C=O) groups is 1. The lowest BCUT2D eigenvalue weighted by Gasteiger charge is -2.27. The molecule has 0 radical (unpaired) electrons. The Morgan fingerprint density at radius 3 is 2.03 bits per heavy atom. The topological polar surface area (TPSA) is 66.9 Å². The Balaban J connectivity index is 2.45. The van der Waals surface area contributed by atoms with Crippen molar-refractivity contribution in [3.63, 3.8) is 0 Å². The Kier molecular flexibility index (Phi) is 8.40. The van der Waals surface area contributed by atoms with Gasteiger partial charge < -0.3 is 9.64 Å². The molecule has 0 saturated heterocycles. The summed E-state index contributed by atoms with van der Waals surface area (Å²) in [5, 5.41) is 0. The number of rotatable bonds is 10. The summed E-state index contributed by atoms with van der Waals surface area (Å²) in [6.07, 6.45) is 1.93. The molecule has 0 unspecified atom stereocenters. The maximum Gasteiger partial charge on any atom is 0.264 e. The Hall–Kier alpha value is -2.19. The highest BCUT2D eigenvalue weighted by Crippen LogP contribution is 2.27.